The molecule has 0 aromatic carbocycles. The summed E-state index contributed by atoms with van der Waals surface area (Å²) in [4.78, 5) is 33.6. The van der Waals surface area contributed by atoms with E-state index >= 15 is 0 Å². The fraction of sp³-hybridized carbons (Fsp3) is 0.333. The number of anilines is 2. The van der Waals surface area contributed by atoms with Crippen molar-refractivity contribution in [3.8, 4) is 0 Å². The summed E-state index contributed by atoms with van der Waals surface area (Å²) in [7, 11) is 1.52. The summed E-state index contributed by atoms with van der Waals surface area (Å²) in [6.45, 7) is 0.847. The zero-order valence-corrected chi connectivity index (χ0v) is 11.5. The number of nitrogens with one attached hydrogen (secondary N) is 2. The molecule has 0 fully saturated rings. The maximum Gasteiger partial charge on any atom is 0.330 e. The van der Waals surface area contributed by atoms with Gasteiger partial charge in [0, 0.05) is 13.3 Å². The van der Waals surface area contributed by atoms with Crippen LogP contribution in [0.15, 0.2) is 28.2 Å². The number of hydrogen-bond donors (Lipinski definition) is 3. The Kier molecular flexibility index (Phi) is 4.67. The van der Waals surface area contributed by atoms with Crippen LogP contribution in [0.25, 0.3) is 0 Å². The normalized spacial score (nSPS) is 10.5. The maximum atomic E-state index is 11.8. The minimum absolute atomic E-state index is 0.0647. The second-order valence-corrected chi connectivity index (χ2v) is 4.22. The van der Waals surface area contributed by atoms with E-state index in [4.69, 9.17) is 10.5 Å². The fourth-order valence-corrected chi connectivity index (χ4v) is 1.76. The molecule has 112 valence electrons. The molecule has 0 saturated carbocycles. The first-order valence-corrected chi connectivity index (χ1v) is 6.23. The molecule has 0 spiro atoms. The zero-order chi connectivity index (χ0) is 15.2. The van der Waals surface area contributed by atoms with Crippen molar-refractivity contribution in [2.24, 2.45) is 0 Å². The van der Waals surface area contributed by atoms with Crippen LogP contribution < -0.4 is 22.3 Å². The van der Waals surface area contributed by atoms with Crippen LogP contribution in [0.5, 0.6) is 0 Å². The molecule has 2 aromatic heterocycles. The molecule has 4 N–H and O–H groups in total. The van der Waals surface area contributed by atoms with E-state index in [9.17, 15) is 9.59 Å². The van der Waals surface area contributed by atoms with Crippen molar-refractivity contribution in [1.29, 1.82) is 0 Å². The third-order valence-corrected chi connectivity index (χ3v) is 2.85. The van der Waals surface area contributed by atoms with Gasteiger partial charge in [-0.1, -0.05) is 0 Å². The summed E-state index contributed by atoms with van der Waals surface area (Å²) in [5, 5.41) is 2.88. The first kappa shape index (κ1) is 14.7. The van der Waals surface area contributed by atoms with Gasteiger partial charge in [-0.2, -0.15) is 0 Å². The molecule has 2 rings (SSSR count). The Morgan fingerprint density at radius 3 is 2.95 bits per heavy atom. The standard InChI is InChI=1S/C12H16N6O3/c1-21-5-4-18-10(13)9(11(19)17-12(18)20)15-6-8-2-3-14-7-16-8/h2-3,7,15H,4-6,13H2,1H3,(H,17,19,20). The predicted octanol–water partition coefficient (Wildman–Crippen LogP) is -0.833. The summed E-state index contributed by atoms with van der Waals surface area (Å²) in [6.07, 6.45) is 3.00. The Bertz CT molecular complexity index is 709. The minimum atomic E-state index is -0.569. The van der Waals surface area contributed by atoms with Gasteiger partial charge in [-0.05, 0) is 6.07 Å². The lowest BCUT2D eigenvalue weighted by Crippen LogP contribution is -2.35. The number of aromatic amines is 1. The molecule has 0 bridgehead atoms. The fourth-order valence-electron chi connectivity index (χ4n) is 1.76. The maximum absolute atomic E-state index is 11.8. The summed E-state index contributed by atoms with van der Waals surface area (Å²) in [6, 6.07) is 1.71. The van der Waals surface area contributed by atoms with E-state index in [0.29, 0.717) is 12.3 Å². The van der Waals surface area contributed by atoms with Gasteiger partial charge in [0.25, 0.3) is 5.56 Å². The smallest absolute Gasteiger partial charge is 0.330 e. The van der Waals surface area contributed by atoms with Crippen LogP contribution in [-0.4, -0.2) is 33.2 Å². The molecule has 0 aliphatic heterocycles. The van der Waals surface area contributed by atoms with E-state index in [0.717, 1.165) is 0 Å². The van der Waals surface area contributed by atoms with Crippen molar-refractivity contribution < 1.29 is 4.74 Å². The van der Waals surface area contributed by atoms with Gasteiger partial charge >= 0.3 is 5.69 Å². The molecule has 0 aliphatic carbocycles. The Balaban J connectivity index is 2.26. The van der Waals surface area contributed by atoms with Gasteiger partial charge in [0.05, 0.1) is 25.4 Å². The second-order valence-electron chi connectivity index (χ2n) is 4.22. The summed E-state index contributed by atoms with van der Waals surface area (Å²) >= 11 is 0. The highest BCUT2D eigenvalue weighted by Crippen LogP contribution is 2.10. The van der Waals surface area contributed by atoms with Crippen molar-refractivity contribution in [1.82, 2.24) is 19.5 Å². The Labute approximate surface area is 119 Å². The van der Waals surface area contributed by atoms with Crippen LogP contribution in [0.2, 0.25) is 0 Å². The average molecular weight is 292 g/mol. The lowest BCUT2D eigenvalue weighted by atomic mass is 10.3. The minimum Gasteiger partial charge on any atom is -0.383 e. The van der Waals surface area contributed by atoms with Gasteiger partial charge in [0.1, 0.15) is 17.8 Å². The number of ether oxygens (including phenoxy) is 1. The monoisotopic (exact) mass is 292 g/mol. The average Bonchev–Trinajstić information content (AvgIpc) is 2.47. The Morgan fingerprint density at radius 1 is 1.48 bits per heavy atom. The lowest BCUT2D eigenvalue weighted by molar-refractivity contribution is 0.186. The molecule has 9 nitrogen and oxygen atoms in total. The molecule has 0 amide bonds. The SMILES string of the molecule is COCCn1c(N)c(NCc2ccncn2)c(=O)[nH]c1=O. The van der Waals surface area contributed by atoms with Crippen LogP contribution in [0, 0.1) is 0 Å². The van der Waals surface area contributed by atoms with E-state index in [-0.39, 0.29) is 24.6 Å². The van der Waals surface area contributed by atoms with Gasteiger partial charge in [0.2, 0.25) is 0 Å². The predicted molar refractivity (Wildman–Crippen MR) is 77.0 cm³/mol. The van der Waals surface area contributed by atoms with Gasteiger partial charge < -0.3 is 15.8 Å². The van der Waals surface area contributed by atoms with Gasteiger partial charge in [-0.3, -0.25) is 14.3 Å². The van der Waals surface area contributed by atoms with Crippen molar-refractivity contribution in [3.05, 3.63) is 45.1 Å². The molecular weight excluding hydrogens is 276 g/mol. The number of nitrogens with zero attached hydrogens (tertiary/aromatic N) is 3. The summed E-state index contributed by atoms with van der Waals surface area (Å²) in [5.41, 5.74) is 5.57. The number of nitrogen functional groups attached to an aromatic ring is 1. The van der Waals surface area contributed by atoms with Crippen molar-refractivity contribution in [2.75, 3.05) is 24.8 Å². The van der Waals surface area contributed by atoms with E-state index in [1.807, 2.05) is 0 Å². The topological polar surface area (TPSA) is 128 Å². The number of nitrogens with two attached hydrogens (primary N) is 1. The van der Waals surface area contributed by atoms with Crippen molar-refractivity contribution >= 4 is 11.5 Å². The molecule has 0 atom stereocenters. The molecular formula is C12H16N6O3. The summed E-state index contributed by atoms with van der Waals surface area (Å²) in [5.74, 6) is 0.0647. The highest BCUT2D eigenvalue weighted by atomic mass is 16.5. The molecule has 0 radical (unpaired) electrons. The second kappa shape index (κ2) is 6.66. The Morgan fingerprint density at radius 2 is 2.29 bits per heavy atom. The summed E-state index contributed by atoms with van der Waals surface area (Å²) < 4.78 is 6.15. The van der Waals surface area contributed by atoms with Crippen LogP contribution in [0.1, 0.15) is 5.69 Å². The molecule has 21 heavy (non-hydrogen) atoms. The molecule has 2 heterocycles. The van der Waals surface area contributed by atoms with Gasteiger partial charge in [0.15, 0.2) is 0 Å². The van der Waals surface area contributed by atoms with Crippen LogP contribution in [-0.2, 0) is 17.8 Å². The number of H-pyrrole nitrogens is 1. The molecule has 0 saturated heterocycles. The van der Waals surface area contributed by atoms with Gasteiger partial charge in [-0.25, -0.2) is 14.8 Å². The first-order chi connectivity index (χ1) is 10.1. The lowest BCUT2D eigenvalue weighted by Gasteiger charge is -2.13. The Hall–Kier alpha value is -2.68. The van der Waals surface area contributed by atoms with Crippen molar-refractivity contribution in [2.45, 2.75) is 13.1 Å². The van der Waals surface area contributed by atoms with Gasteiger partial charge in [-0.15, -0.1) is 0 Å². The van der Waals surface area contributed by atoms with Crippen molar-refractivity contribution in [3.63, 3.8) is 0 Å². The third-order valence-electron chi connectivity index (χ3n) is 2.85. The quantitative estimate of drug-likeness (QED) is 0.633. The molecule has 0 aliphatic rings. The number of aromatic nitrogens is 4. The number of rotatable bonds is 6. The largest absolute Gasteiger partial charge is 0.383 e. The molecule has 2 aromatic rings. The van der Waals surface area contributed by atoms with E-state index in [1.54, 1.807) is 12.3 Å². The van der Waals surface area contributed by atoms with Crippen LogP contribution in [0.4, 0.5) is 11.5 Å². The van der Waals surface area contributed by atoms with E-state index < -0.39 is 11.2 Å². The zero-order valence-electron chi connectivity index (χ0n) is 11.5. The molecule has 0 unspecified atom stereocenters. The van der Waals surface area contributed by atoms with E-state index in [1.165, 1.54) is 18.0 Å². The van der Waals surface area contributed by atoms with E-state index in [2.05, 4.69) is 20.3 Å². The third kappa shape index (κ3) is 3.45. The highest BCUT2D eigenvalue weighted by Gasteiger charge is 2.11. The van der Waals surface area contributed by atoms with Crippen LogP contribution in [0.3, 0.4) is 0 Å². The first-order valence-electron chi connectivity index (χ1n) is 6.23. The molecule has 9 heteroatoms. The van der Waals surface area contributed by atoms with Crippen LogP contribution >= 0.6 is 0 Å². The number of methoxy groups -OCH3 is 1. The highest BCUT2D eigenvalue weighted by molar-refractivity contribution is 5.60. The number of hydrogen-bond acceptors (Lipinski definition) is 7.